The fourth-order valence-electron chi connectivity index (χ4n) is 4.03. The van der Waals surface area contributed by atoms with E-state index in [9.17, 15) is 39.6 Å². The molecule has 2 unspecified atom stereocenters. The number of alkyl halides is 6. The van der Waals surface area contributed by atoms with Crippen LogP contribution in [0.1, 0.15) is 55.4 Å². The highest BCUT2D eigenvalue weighted by atomic mass is 32.2. The smallest absolute Gasteiger partial charge is 0.475 e. The van der Waals surface area contributed by atoms with Crippen LogP contribution >= 0.6 is 0 Å². The quantitative estimate of drug-likeness (QED) is 0.295. The predicted octanol–water partition coefficient (Wildman–Crippen LogP) is 4.47. The summed E-state index contributed by atoms with van der Waals surface area (Å²) in [6, 6.07) is 14.8. The number of carboxylic acids is 2. The average Bonchev–Trinajstić information content (AvgIpc) is 3.41. The molecule has 44 heavy (non-hydrogen) atoms. The standard InChI is InChI=1S/C22H26N4O3S.2C2HF3O2/c1-22(2,3)26-20(27)13-19(30(26,28)29)15-10-8-14(9-11-15)12-16(23)21-24-17-6-4-5-7-18(17)25-21;2*3-2(4,5)1(6)7/h4-11,16,19H,12-13,23H2,1-3H3,(H,24,25);2*(H,6,7). The number of benzene rings is 2. The van der Waals surface area contributed by atoms with Crippen molar-refractivity contribution in [1.82, 2.24) is 14.3 Å². The van der Waals surface area contributed by atoms with Crippen LogP contribution in [0.3, 0.4) is 0 Å². The molecule has 2 aromatic carbocycles. The van der Waals surface area contributed by atoms with Gasteiger partial charge in [0, 0.05) is 0 Å². The molecule has 5 N–H and O–H groups in total. The van der Waals surface area contributed by atoms with Crippen molar-refractivity contribution in [1.29, 1.82) is 0 Å². The number of nitrogens with two attached hydrogens (primary N) is 1. The number of carboxylic acid groups (broad SMARTS) is 2. The zero-order valence-electron chi connectivity index (χ0n) is 23.3. The summed E-state index contributed by atoms with van der Waals surface area (Å²) in [5.74, 6) is -5.16. The molecule has 0 spiro atoms. The van der Waals surface area contributed by atoms with Crippen LogP contribution in [0.25, 0.3) is 11.0 Å². The minimum Gasteiger partial charge on any atom is -0.475 e. The number of hydrogen-bond donors (Lipinski definition) is 4. The van der Waals surface area contributed by atoms with E-state index in [1.165, 1.54) is 0 Å². The first-order valence-corrected chi connectivity index (χ1v) is 13.9. The number of aliphatic carboxylic acids is 2. The zero-order chi connectivity index (χ0) is 33.8. The van der Waals surface area contributed by atoms with Crippen molar-refractivity contribution in [3.63, 3.8) is 0 Å². The van der Waals surface area contributed by atoms with Crippen LogP contribution in [-0.4, -0.2) is 68.6 Å². The Balaban J connectivity index is 0.000000402. The molecule has 242 valence electrons. The third kappa shape index (κ3) is 9.15. The molecule has 1 amide bonds. The van der Waals surface area contributed by atoms with Gasteiger partial charge in [-0.25, -0.2) is 27.3 Å². The monoisotopic (exact) mass is 654 g/mol. The molecule has 1 aliphatic heterocycles. The van der Waals surface area contributed by atoms with Gasteiger partial charge >= 0.3 is 24.3 Å². The van der Waals surface area contributed by atoms with Crippen molar-refractivity contribution in [2.24, 2.45) is 5.73 Å². The maximum absolute atomic E-state index is 13.0. The fourth-order valence-corrected chi connectivity index (χ4v) is 6.26. The van der Waals surface area contributed by atoms with Crippen molar-refractivity contribution < 1.29 is 59.4 Å². The molecular formula is C26H28F6N4O7S. The highest BCUT2D eigenvalue weighted by Gasteiger charge is 2.49. The fraction of sp³-hybridized carbons (Fsp3) is 0.385. The number of halogens is 6. The predicted molar refractivity (Wildman–Crippen MR) is 143 cm³/mol. The van der Waals surface area contributed by atoms with E-state index >= 15 is 0 Å². The molecule has 11 nitrogen and oxygen atoms in total. The summed E-state index contributed by atoms with van der Waals surface area (Å²) < 4.78 is 90.4. The van der Waals surface area contributed by atoms with E-state index in [-0.39, 0.29) is 18.4 Å². The molecule has 1 fully saturated rings. The second-order valence-electron chi connectivity index (χ2n) is 10.4. The molecule has 0 bridgehead atoms. The molecule has 2 heterocycles. The Kier molecular flexibility index (Phi) is 10.8. The highest BCUT2D eigenvalue weighted by molar-refractivity contribution is 7.90. The van der Waals surface area contributed by atoms with E-state index in [4.69, 9.17) is 25.5 Å². The normalized spacial score (nSPS) is 17.3. The van der Waals surface area contributed by atoms with Gasteiger partial charge in [-0.05, 0) is 50.5 Å². The van der Waals surface area contributed by atoms with E-state index in [0.29, 0.717) is 17.8 Å². The number of aromatic amines is 1. The van der Waals surface area contributed by atoms with Crippen molar-refractivity contribution in [2.45, 2.75) is 62.8 Å². The van der Waals surface area contributed by atoms with Crippen LogP contribution in [0, 0.1) is 0 Å². The van der Waals surface area contributed by atoms with Crippen molar-refractivity contribution in [3.05, 3.63) is 65.5 Å². The first-order chi connectivity index (χ1) is 20.0. The molecule has 2 atom stereocenters. The lowest BCUT2D eigenvalue weighted by Crippen LogP contribution is -2.45. The number of imidazole rings is 1. The van der Waals surface area contributed by atoms with E-state index in [0.717, 1.165) is 20.9 Å². The molecule has 0 aliphatic carbocycles. The summed E-state index contributed by atoms with van der Waals surface area (Å²) in [7, 11) is -3.74. The molecule has 1 aromatic heterocycles. The van der Waals surface area contributed by atoms with Crippen LogP contribution in [-0.2, 0) is 30.8 Å². The Morgan fingerprint density at radius 3 is 1.86 bits per heavy atom. The molecule has 0 saturated carbocycles. The third-order valence-corrected chi connectivity index (χ3v) is 8.28. The van der Waals surface area contributed by atoms with E-state index in [1.54, 1.807) is 32.9 Å². The first-order valence-electron chi connectivity index (χ1n) is 12.4. The van der Waals surface area contributed by atoms with Crippen molar-refractivity contribution >= 4 is 38.9 Å². The van der Waals surface area contributed by atoms with Crippen molar-refractivity contribution in [2.75, 3.05) is 0 Å². The van der Waals surface area contributed by atoms with Crippen molar-refractivity contribution in [3.8, 4) is 0 Å². The maximum atomic E-state index is 13.0. The van der Waals surface area contributed by atoms with Gasteiger partial charge in [0.1, 0.15) is 11.1 Å². The Hall–Kier alpha value is -4.19. The second-order valence-corrected chi connectivity index (χ2v) is 12.3. The van der Waals surface area contributed by atoms with Gasteiger partial charge in [-0.1, -0.05) is 36.4 Å². The Morgan fingerprint density at radius 2 is 1.45 bits per heavy atom. The average molecular weight is 655 g/mol. The summed E-state index contributed by atoms with van der Waals surface area (Å²) in [6.45, 7) is 5.19. The zero-order valence-corrected chi connectivity index (χ0v) is 24.1. The number of H-pyrrole nitrogens is 1. The summed E-state index contributed by atoms with van der Waals surface area (Å²) in [5, 5.41) is 13.4. The summed E-state index contributed by atoms with van der Waals surface area (Å²) in [4.78, 5) is 38.0. The van der Waals surface area contributed by atoms with E-state index in [1.807, 2.05) is 36.4 Å². The molecule has 4 rings (SSSR count). The summed E-state index contributed by atoms with van der Waals surface area (Å²) in [6.07, 6.45) is -9.64. The largest absolute Gasteiger partial charge is 0.490 e. The van der Waals surface area contributed by atoms with Gasteiger partial charge in [0.15, 0.2) is 0 Å². The molecular weight excluding hydrogens is 626 g/mol. The minimum atomic E-state index is -5.08. The SMILES string of the molecule is CC(C)(C)N1C(=O)CC(c2ccc(CC(N)c3nc4ccccc4[nH]3)cc2)S1(=O)=O.O=C(O)C(F)(F)F.O=C(O)C(F)(F)F. The van der Waals surface area contributed by atoms with E-state index < -0.39 is 45.1 Å². The van der Waals surface area contributed by atoms with Gasteiger partial charge in [-0.2, -0.15) is 26.3 Å². The number of carbonyl (C=O) groups excluding carboxylic acids is 1. The number of carbonyl (C=O) groups is 3. The molecule has 1 aliphatic rings. The molecule has 3 aromatic rings. The van der Waals surface area contributed by atoms with Crippen LogP contribution in [0.5, 0.6) is 0 Å². The number of para-hydroxylation sites is 2. The van der Waals surface area contributed by atoms with Crippen LogP contribution < -0.4 is 5.73 Å². The Labute approximate surface area is 246 Å². The van der Waals surface area contributed by atoms with Gasteiger partial charge in [-0.3, -0.25) is 4.79 Å². The van der Waals surface area contributed by atoms with Gasteiger partial charge in [0.2, 0.25) is 15.9 Å². The number of rotatable bonds is 4. The van der Waals surface area contributed by atoms with Crippen LogP contribution in [0.4, 0.5) is 26.3 Å². The summed E-state index contributed by atoms with van der Waals surface area (Å²) in [5.41, 5.74) is 8.97. The third-order valence-electron chi connectivity index (χ3n) is 5.86. The number of nitrogens with zero attached hydrogens (tertiary/aromatic N) is 2. The highest BCUT2D eigenvalue weighted by Crippen LogP contribution is 2.40. The number of sulfonamides is 1. The number of aromatic nitrogens is 2. The molecule has 1 saturated heterocycles. The Bertz CT molecular complexity index is 1540. The Morgan fingerprint density at radius 1 is 0.977 bits per heavy atom. The second kappa shape index (κ2) is 13.2. The molecule has 18 heteroatoms. The number of amides is 1. The van der Waals surface area contributed by atoms with Gasteiger partial charge < -0.3 is 20.9 Å². The van der Waals surface area contributed by atoms with Gasteiger partial charge in [0.25, 0.3) is 0 Å². The van der Waals surface area contributed by atoms with Gasteiger partial charge in [0.05, 0.1) is 29.0 Å². The minimum absolute atomic E-state index is 0.0303. The van der Waals surface area contributed by atoms with E-state index in [2.05, 4.69) is 9.97 Å². The number of hydrogen-bond acceptors (Lipinski definition) is 7. The topological polar surface area (TPSA) is 184 Å². The summed E-state index contributed by atoms with van der Waals surface area (Å²) >= 11 is 0. The lowest BCUT2D eigenvalue weighted by Gasteiger charge is -2.30. The lowest BCUT2D eigenvalue weighted by molar-refractivity contribution is -0.193. The number of nitrogens with one attached hydrogen (secondary N) is 1. The van der Waals surface area contributed by atoms with Crippen LogP contribution in [0.2, 0.25) is 0 Å². The maximum Gasteiger partial charge on any atom is 0.490 e. The molecule has 0 radical (unpaired) electrons. The van der Waals surface area contributed by atoms with Crippen LogP contribution in [0.15, 0.2) is 48.5 Å². The lowest BCUT2D eigenvalue weighted by atomic mass is 10.0. The number of fused-ring (bicyclic) bond motifs is 1. The first kappa shape index (κ1) is 36.0. The van der Waals surface area contributed by atoms with Gasteiger partial charge in [-0.15, -0.1) is 0 Å².